The molecule has 6 rings (SSSR count). The summed E-state index contributed by atoms with van der Waals surface area (Å²) < 4.78 is 16.1. The molecule has 1 aliphatic rings. The second-order valence-corrected chi connectivity index (χ2v) is 8.15. The quantitative estimate of drug-likeness (QED) is 0.461. The van der Waals surface area contributed by atoms with E-state index < -0.39 is 11.7 Å². The van der Waals surface area contributed by atoms with Crippen molar-refractivity contribution in [3.05, 3.63) is 83.7 Å². The molecule has 3 aromatic heterocycles. The van der Waals surface area contributed by atoms with Gasteiger partial charge < -0.3 is 5.32 Å². The molecule has 0 spiro atoms. The van der Waals surface area contributed by atoms with Crippen molar-refractivity contribution in [1.29, 1.82) is 0 Å². The summed E-state index contributed by atoms with van der Waals surface area (Å²) in [4.78, 5) is 20.6. The molecule has 2 aromatic carbocycles. The van der Waals surface area contributed by atoms with Crippen molar-refractivity contribution < 1.29 is 9.18 Å². The second kappa shape index (κ2) is 7.13. The fourth-order valence-electron chi connectivity index (χ4n) is 4.26. The molecule has 162 valence electrons. The highest BCUT2D eigenvalue weighted by atomic mass is 19.1. The Labute approximate surface area is 187 Å². The minimum atomic E-state index is -0.624. The van der Waals surface area contributed by atoms with Crippen molar-refractivity contribution in [1.82, 2.24) is 35.1 Å². The Morgan fingerprint density at radius 1 is 1.09 bits per heavy atom. The van der Waals surface area contributed by atoms with E-state index in [9.17, 15) is 9.18 Å². The lowest BCUT2D eigenvalue weighted by atomic mass is 9.94. The van der Waals surface area contributed by atoms with Crippen molar-refractivity contribution >= 4 is 22.6 Å². The molecule has 1 saturated carbocycles. The van der Waals surface area contributed by atoms with Crippen LogP contribution in [0.15, 0.2) is 60.9 Å². The molecule has 33 heavy (non-hydrogen) atoms. The Morgan fingerprint density at radius 2 is 1.97 bits per heavy atom. The van der Waals surface area contributed by atoms with Crippen LogP contribution in [0.3, 0.4) is 0 Å². The SMILES string of the molecule is CNC(=O)c1ccc(-c2cnc3nnc(C4(c5ccc6ncccc6c5)CC4)n3n2)cc1F. The number of fused-ring (bicyclic) bond motifs is 2. The number of hydrogen-bond acceptors (Lipinski definition) is 6. The van der Waals surface area contributed by atoms with Gasteiger partial charge in [-0.25, -0.2) is 9.37 Å². The lowest BCUT2D eigenvalue weighted by molar-refractivity contribution is 0.0959. The minimum Gasteiger partial charge on any atom is -0.355 e. The first kappa shape index (κ1) is 19.4. The fraction of sp³-hybridized carbons (Fsp3) is 0.167. The molecule has 9 heteroatoms. The maximum atomic E-state index is 14.5. The largest absolute Gasteiger partial charge is 0.355 e. The van der Waals surface area contributed by atoms with Crippen LogP contribution in [0.2, 0.25) is 0 Å². The van der Waals surface area contributed by atoms with Gasteiger partial charge in [0.15, 0.2) is 5.82 Å². The third-order valence-electron chi connectivity index (χ3n) is 6.20. The minimum absolute atomic E-state index is 0.0250. The van der Waals surface area contributed by atoms with Crippen molar-refractivity contribution in [2.75, 3.05) is 7.05 Å². The number of benzene rings is 2. The van der Waals surface area contributed by atoms with E-state index in [4.69, 9.17) is 0 Å². The Kier molecular flexibility index (Phi) is 4.19. The van der Waals surface area contributed by atoms with Crippen LogP contribution < -0.4 is 5.32 Å². The van der Waals surface area contributed by atoms with E-state index in [1.165, 1.54) is 25.4 Å². The van der Waals surface area contributed by atoms with Gasteiger partial charge in [-0.2, -0.15) is 9.61 Å². The van der Waals surface area contributed by atoms with E-state index in [1.807, 2.05) is 18.2 Å². The third-order valence-corrected chi connectivity index (χ3v) is 6.20. The molecule has 1 N–H and O–H groups in total. The fourth-order valence-corrected chi connectivity index (χ4v) is 4.26. The van der Waals surface area contributed by atoms with Crippen LogP contribution in [0.1, 0.15) is 34.6 Å². The molecule has 1 amide bonds. The van der Waals surface area contributed by atoms with Gasteiger partial charge >= 0.3 is 0 Å². The molecule has 5 aromatic rings. The number of hydrogen-bond donors (Lipinski definition) is 1. The number of amides is 1. The number of rotatable bonds is 4. The predicted octanol–water partition coefficient (Wildman–Crippen LogP) is 3.31. The summed E-state index contributed by atoms with van der Waals surface area (Å²) in [5, 5.41) is 16.8. The zero-order valence-corrected chi connectivity index (χ0v) is 17.7. The van der Waals surface area contributed by atoms with Crippen LogP contribution in [-0.4, -0.2) is 42.7 Å². The van der Waals surface area contributed by atoms with Gasteiger partial charge in [0, 0.05) is 24.2 Å². The summed E-state index contributed by atoms with van der Waals surface area (Å²) >= 11 is 0. The molecule has 0 saturated heterocycles. The van der Waals surface area contributed by atoms with E-state index >= 15 is 0 Å². The predicted molar refractivity (Wildman–Crippen MR) is 119 cm³/mol. The Balaban J connectivity index is 1.44. The van der Waals surface area contributed by atoms with E-state index in [0.29, 0.717) is 22.9 Å². The number of aromatic nitrogens is 6. The van der Waals surface area contributed by atoms with E-state index in [1.54, 1.807) is 16.8 Å². The number of nitrogens with one attached hydrogen (secondary N) is 1. The van der Waals surface area contributed by atoms with Crippen LogP contribution in [-0.2, 0) is 5.41 Å². The first-order chi connectivity index (χ1) is 16.1. The summed E-state index contributed by atoms with van der Waals surface area (Å²) in [5.41, 5.74) is 2.71. The maximum absolute atomic E-state index is 14.5. The van der Waals surface area contributed by atoms with Crippen molar-refractivity contribution in [2.45, 2.75) is 18.3 Å². The molecule has 1 aliphatic carbocycles. The molecule has 0 unspecified atom stereocenters. The monoisotopic (exact) mass is 439 g/mol. The first-order valence-corrected chi connectivity index (χ1v) is 10.6. The summed E-state index contributed by atoms with van der Waals surface area (Å²) in [7, 11) is 1.46. The van der Waals surface area contributed by atoms with Crippen LogP contribution in [0.5, 0.6) is 0 Å². The van der Waals surface area contributed by atoms with E-state index in [2.05, 4.69) is 42.7 Å². The van der Waals surface area contributed by atoms with Crippen LogP contribution in [0.4, 0.5) is 4.39 Å². The average Bonchev–Trinajstić information content (AvgIpc) is 3.55. The van der Waals surface area contributed by atoms with Crippen LogP contribution in [0.25, 0.3) is 27.9 Å². The van der Waals surface area contributed by atoms with Gasteiger partial charge in [0.05, 0.1) is 22.7 Å². The van der Waals surface area contributed by atoms with Gasteiger partial charge in [-0.05, 0) is 48.7 Å². The Bertz CT molecular complexity index is 1560. The smallest absolute Gasteiger partial charge is 0.271 e. The normalized spacial score (nSPS) is 14.5. The molecule has 0 bridgehead atoms. The van der Waals surface area contributed by atoms with Gasteiger partial charge in [0.25, 0.3) is 11.7 Å². The van der Waals surface area contributed by atoms with Crippen LogP contribution in [0, 0.1) is 5.82 Å². The van der Waals surface area contributed by atoms with E-state index in [-0.39, 0.29) is 11.0 Å². The Morgan fingerprint density at radius 3 is 2.76 bits per heavy atom. The van der Waals surface area contributed by atoms with Gasteiger partial charge in [-0.15, -0.1) is 10.2 Å². The van der Waals surface area contributed by atoms with Crippen molar-refractivity contribution in [3.63, 3.8) is 0 Å². The average molecular weight is 439 g/mol. The lowest BCUT2D eigenvalue weighted by Crippen LogP contribution is -2.19. The van der Waals surface area contributed by atoms with Gasteiger partial charge in [-0.1, -0.05) is 18.2 Å². The molecular weight excluding hydrogens is 421 g/mol. The number of carbonyl (C=O) groups excluding carboxylic acids is 1. The third kappa shape index (κ3) is 3.04. The molecule has 8 nitrogen and oxygen atoms in total. The second-order valence-electron chi connectivity index (χ2n) is 8.15. The highest BCUT2D eigenvalue weighted by Gasteiger charge is 2.50. The summed E-state index contributed by atoms with van der Waals surface area (Å²) in [5.74, 6) is -0.0217. The van der Waals surface area contributed by atoms with Crippen molar-refractivity contribution in [2.24, 2.45) is 0 Å². The van der Waals surface area contributed by atoms with Gasteiger partial charge in [-0.3, -0.25) is 9.78 Å². The van der Waals surface area contributed by atoms with Gasteiger partial charge in [0.2, 0.25) is 0 Å². The topological polar surface area (TPSA) is 98.0 Å². The Hall–Kier alpha value is -4.27. The molecule has 1 fully saturated rings. The summed E-state index contributed by atoms with van der Waals surface area (Å²) in [6.45, 7) is 0. The van der Waals surface area contributed by atoms with Crippen LogP contribution >= 0.6 is 0 Å². The molecular formula is C24H18FN7O. The lowest BCUT2D eigenvalue weighted by Gasteiger charge is -2.14. The molecule has 0 aliphatic heterocycles. The zero-order chi connectivity index (χ0) is 22.6. The number of carbonyl (C=O) groups is 1. The van der Waals surface area contributed by atoms with Gasteiger partial charge in [0.1, 0.15) is 11.5 Å². The zero-order valence-electron chi connectivity index (χ0n) is 17.7. The summed E-state index contributed by atoms with van der Waals surface area (Å²) in [6, 6.07) is 14.6. The summed E-state index contributed by atoms with van der Waals surface area (Å²) in [6.07, 6.45) is 5.15. The number of halogens is 1. The maximum Gasteiger partial charge on any atom is 0.271 e. The van der Waals surface area contributed by atoms with E-state index in [0.717, 1.165) is 29.3 Å². The highest BCUT2D eigenvalue weighted by Crippen LogP contribution is 2.53. The first-order valence-electron chi connectivity index (χ1n) is 10.6. The molecule has 0 radical (unpaired) electrons. The highest BCUT2D eigenvalue weighted by molar-refractivity contribution is 5.94. The number of nitrogens with zero attached hydrogens (tertiary/aromatic N) is 6. The molecule has 3 heterocycles. The number of pyridine rings is 1. The standard InChI is InChI=1S/C24H18FN7O/c1-26-21(33)17-6-4-15(12-18(17)25)20-13-28-23-30-29-22(32(23)31-20)24(8-9-24)16-5-7-19-14(11-16)3-2-10-27-19/h2-7,10-13H,8-9H2,1H3,(H,26,33). The van der Waals surface area contributed by atoms with Crippen molar-refractivity contribution in [3.8, 4) is 11.3 Å². The molecule has 0 atom stereocenters.